The third-order valence-electron chi connectivity index (χ3n) is 3.15. The number of rotatable bonds is 8. The van der Waals surface area contributed by atoms with Gasteiger partial charge in [0.1, 0.15) is 24.4 Å². The number of aromatic nitrogens is 2. The average Bonchev–Trinajstić information content (AvgIpc) is 3.08. The average molecular weight is 451 g/mol. The molecule has 14 nitrogen and oxygen atoms in total. The molecule has 4 atom stereocenters. The molecule has 0 amide bonds. The van der Waals surface area contributed by atoms with Gasteiger partial charge in [-0.05, 0) is 0 Å². The number of carbonyl (C=O) groups is 1. The molecule has 2 rings (SSSR count). The Labute approximate surface area is 188 Å². The smallest absolute Gasteiger partial charge is 1.00 e. The molecule has 0 saturated carbocycles. The first-order valence-electron chi connectivity index (χ1n) is 7.78. The van der Waals surface area contributed by atoms with Crippen LogP contribution in [0.3, 0.4) is 0 Å². The van der Waals surface area contributed by atoms with Gasteiger partial charge in [-0.1, -0.05) is 0 Å². The normalized spacial score (nSPS) is 20.6. The number of nitrogen functional groups attached to an aromatic ring is 1. The topological polar surface area (TPSA) is 224 Å². The zero-order valence-corrected chi connectivity index (χ0v) is 18.4. The number of nitrogens with two attached hydrogens (primary N) is 1. The second-order valence-corrected chi connectivity index (χ2v) is 7.11. The maximum atomic E-state index is 11.4. The van der Waals surface area contributed by atoms with Gasteiger partial charge in [0.15, 0.2) is 6.29 Å². The number of aliphatic hydroxyl groups is 3. The predicted octanol–water partition coefficient (Wildman–Crippen LogP) is -6.46. The number of hydrogen-bond donors (Lipinski definition) is 6. The molecular weight excluding hydrogens is 428 g/mol. The number of ether oxygens (including phenoxy) is 2. The van der Waals surface area contributed by atoms with Gasteiger partial charge in [-0.25, -0.2) is 4.79 Å². The molecule has 1 fully saturated rings. The molecule has 0 aliphatic carbocycles. The number of carbonyl (C=O) groups excluding carboxylic acids is 1. The molecule has 1 unspecified atom stereocenters. The van der Waals surface area contributed by atoms with Crippen LogP contribution in [-0.4, -0.2) is 85.3 Å². The van der Waals surface area contributed by atoms with E-state index >= 15 is 0 Å². The molecule has 7 N–H and O–H groups in total. The van der Waals surface area contributed by atoms with E-state index in [1.165, 1.54) is 12.3 Å². The van der Waals surface area contributed by atoms with Crippen LogP contribution in [0.2, 0.25) is 0 Å². The van der Waals surface area contributed by atoms with Crippen LogP contribution in [0, 0.1) is 0 Å². The quantitative estimate of drug-likeness (QED) is 0.123. The molecule has 1 aromatic heterocycles. The Morgan fingerprint density at radius 2 is 2.14 bits per heavy atom. The van der Waals surface area contributed by atoms with E-state index < -0.39 is 50.8 Å². The van der Waals surface area contributed by atoms with Crippen molar-refractivity contribution < 1.29 is 79.8 Å². The van der Waals surface area contributed by atoms with Crippen LogP contribution in [0.1, 0.15) is 7.85 Å². The number of nitrogens with zero attached hydrogens (tertiary/aromatic N) is 2. The summed E-state index contributed by atoms with van der Waals surface area (Å²) in [5, 5.41) is 24.8. The Morgan fingerprint density at radius 1 is 1.48 bits per heavy atom. The minimum atomic E-state index is -4.22. The largest absolute Gasteiger partial charge is 1.00 e. The van der Waals surface area contributed by atoms with Crippen molar-refractivity contribution in [2.24, 2.45) is 0 Å². The third-order valence-corrected chi connectivity index (χ3v) is 3.63. The first kappa shape index (κ1) is 28.1. The summed E-state index contributed by atoms with van der Waals surface area (Å²) in [6, 6.07) is 1.39. The fraction of sp³-hybridized carbons (Fsp3) is 0.615. The van der Waals surface area contributed by atoms with E-state index in [9.17, 15) is 14.2 Å². The Hall–Kier alpha value is -0.900. The first-order chi connectivity index (χ1) is 13.1. The number of aldehydes is 1. The molecule has 0 spiro atoms. The Kier molecular flexibility index (Phi) is 13.0. The van der Waals surface area contributed by atoms with Crippen LogP contribution in [0.15, 0.2) is 17.1 Å². The van der Waals surface area contributed by atoms with Gasteiger partial charge >= 0.3 is 42.8 Å². The fourth-order valence-corrected chi connectivity index (χ4v) is 2.17. The SMILES string of the molecule is Nc1ccn(OC2C[C@H](OCP(=O)(O)O)CO2)c(=O)n1.O=C[C@@H](O)[C@H](O)CO.[H-].[Na+]. The standard InChI is InChI=1S/C9H14N3O7P.C4H8O4.Na.H/c10-7-1-2-12(9(13)11-7)19-8-3-6(4-17-8)18-5-20(14,15)16;5-1-3(7)4(8)2-6;;/h1-2,6,8H,3-5H2,(H2,10,11,13)(H2,14,15,16);1,3-4,6-8H,2H2;;/q;;+1;-1/t6-,8?;3-,4-;;/m01../s1. The monoisotopic (exact) mass is 451 g/mol. The van der Waals surface area contributed by atoms with E-state index in [0.717, 1.165) is 4.73 Å². The molecule has 29 heavy (non-hydrogen) atoms. The maximum absolute atomic E-state index is 11.4. The van der Waals surface area contributed by atoms with Crippen LogP contribution >= 0.6 is 7.60 Å². The van der Waals surface area contributed by atoms with Crippen LogP contribution in [0.4, 0.5) is 5.82 Å². The summed E-state index contributed by atoms with van der Waals surface area (Å²) in [6.45, 7) is -0.484. The van der Waals surface area contributed by atoms with Gasteiger partial charge in [-0.15, -0.1) is 4.73 Å². The van der Waals surface area contributed by atoms with Gasteiger partial charge in [0.2, 0.25) is 6.29 Å². The van der Waals surface area contributed by atoms with Gasteiger partial charge in [-0.3, -0.25) is 4.57 Å². The molecular formula is C13H23N3NaO11P. The van der Waals surface area contributed by atoms with Crippen molar-refractivity contribution in [1.82, 2.24) is 9.71 Å². The number of anilines is 1. The summed E-state index contributed by atoms with van der Waals surface area (Å²) >= 11 is 0. The second kappa shape index (κ2) is 13.4. The summed E-state index contributed by atoms with van der Waals surface area (Å²) in [4.78, 5) is 47.1. The van der Waals surface area contributed by atoms with E-state index in [2.05, 4.69) is 4.98 Å². The van der Waals surface area contributed by atoms with Gasteiger partial charge in [0.25, 0.3) is 0 Å². The molecule has 0 aromatic carbocycles. The molecule has 0 bridgehead atoms. The Morgan fingerprint density at radius 3 is 2.62 bits per heavy atom. The van der Waals surface area contributed by atoms with Crippen molar-refractivity contribution in [3.05, 3.63) is 22.7 Å². The van der Waals surface area contributed by atoms with Crippen LogP contribution in [-0.2, 0) is 18.8 Å². The molecule has 1 aliphatic heterocycles. The number of hydrogen-bond acceptors (Lipinski definition) is 11. The van der Waals surface area contributed by atoms with Gasteiger partial charge < -0.3 is 51.4 Å². The molecule has 1 saturated heterocycles. The molecule has 1 aliphatic rings. The molecule has 0 radical (unpaired) electrons. The Bertz CT molecular complexity index is 737. The Balaban J connectivity index is 0. The van der Waals surface area contributed by atoms with E-state index in [-0.39, 0.29) is 56.1 Å². The van der Waals surface area contributed by atoms with Crippen molar-refractivity contribution in [2.75, 3.05) is 25.3 Å². The van der Waals surface area contributed by atoms with E-state index in [0.29, 0.717) is 0 Å². The van der Waals surface area contributed by atoms with Crippen LogP contribution in [0.25, 0.3) is 0 Å². The van der Waals surface area contributed by atoms with Crippen molar-refractivity contribution in [1.29, 1.82) is 0 Å². The van der Waals surface area contributed by atoms with Gasteiger partial charge in [-0.2, -0.15) is 4.98 Å². The van der Waals surface area contributed by atoms with Gasteiger partial charge in [0, 0.05) is 12.5 Å². The summed E-state index contributed by atoms with van der Waals surface area (Å²) in [5.74, 6) is 0.0741. The second-order valence-electron chi connectivity index (χ2n) is 5.52. The summed E-state index contributed by atoms with van der Waals surface area (Å²) < 4.78 is 21.7. The van der Waals surface area contributed by atoms with Crippen molar-refractivity contribution in [3.63, 3.8) is 0 Å². The fourth-order valence-electron chi connectivity index (χ4n) is 1.77. The molecule has 16 heteroatoms. The van der Waals surface area contributed by atoms with E-state index in [1.807, 2.05) is 0 Å². The van der Waals surface area contributed by atoms with Crippen molar-refractivity contribution >= 4 is 19.7 Å². The van der Waals surface area contributed by atoms with Crippen molar-refractivity contribution in [2.45, 2.75) is 31.0 Å². The predicted molar refractivity (Wildman–Crippen MR) is 91.9 cm³/mol. The van der Waals surface area contributed by atoms with E-state index in [1.54, 1.807) is 0 Å². The summed E-state index contributed by atoms with van der Waals surface area (Å²) in [7, 11) is -4.22. The summed E-state index contributed by atoms with van der Waals surface area (Å²) in [5.41, 5.74) is 4.65. The zero-order chi connectivity index (χ0) is 21.3. The summed E-state index contributed by atoms with van der Waals surface area (Å²) in [6.07, 6.45) is -3.05. The van der Waals surface area contributed by atoms with E-state index in [4.69, 9.17) is 45.2 Å². The third kappa shape index (κ3) is 11.2. The minimum Gasteiger partial charge on any atom is -1.00 e. The number of aliphatic hydroxyl groups excluding tert-OH is 3. The minimum absolute atomic E-state index is 0. The zero-order valence-electron chi connectivity index (χ0n) is 16.5. The van der Waals surface area contributed by atoms with Crippen LogP contribution < -0.4 is 45.8 Å². The van der Waals surface area contributed by atoms with Crippen molar-refractivity contribution in [3.8, 4) is 0 Å². The molecule has 2 heterocycles. The maximum Gasteiger partial charge on any atom is 1.00 e. The molecule has 1 aromatic rings. The first-order valence-corrected chi connectivity index (χ1v) is 9.58. The molecule has 162 valence electrons. The van der Waals surface area contributed by atoms with Crippen LogP contribution in [0.5, 0.6) is 0 Å². The van der Waals surface area contributed by atoms with Gasteiger partial charge in [0.05, 0.1) is 25.5 Å².